The summed E-state index contributed by atoms with van der Waals surface area (Å²) in [6, 6.07) is 18.3. The molecule has 3 aromatic rings. The minimum atomic E-state index is 0.428. The molecule has 2 aromatic carbocycles. The number of methoxy groups -OCH3 is 1. The second-order valence-corrected chi connectivity index (χ2v) is 8.01. The summed E-state index contributed by atoms with van der Waals surface area (Å²) in [7, 11) is 1.66. The number of piperazine rings is 1. The molecule has 0 N–H and O–H groups in total. The first-order valence-electron chi connectivity index (χ1n) is 10.6. The van der Waals surface area contributed by atoms with E-state index >= 15 is 0 Å². The number of ether oxygens (including phenoxy) is 1. The first-order chi connectivity index (χ1) is 15.2. The van der Waals surface area contributed by atoms with Gasteiger partial charge in [0.15, 0.2) is 0 Å². The van der Waals surface area contributed by atoms with Crippen molar-refractivity contribution in [2.24, 2.45) is 0 Å². The van der Waals surface area contributed by atoms with Crippen molar-refractivity contribution < 1.29 is 9.15 Å². The predicted molar refractivity (Wildman–Crippen MR) is 125 cm³/mol. The monoisotopic (exact) mass is 436 g/mol. The third-order valence-electron chi connectivity index (χ3n) is 5.43. The van der Waals surface area contributed by atoms with Crippen LogP contribution in [0.25, 0.3) is 6.08 Å². The van der Waals surface area contributed by atoms with E-state index in [2.05, 4.69) is 51.3 Å². The molecule has 0 bridgehead atoms. The van der Waals surface area contributed by atoms with E-state index in [0.29, 0.717) is 23.8 Å². The lowest BCUT2D eigenvalue weighted by Gasteiger charge is -2.33. The lowest BCUT2D eigenvalue weighted by Crippen LogP contribution is -2.46. The van der Waals surface area contributed by atoms with E-state index in [-0.39, 0.29) is 0 Å². The predicted octanol–water partition coefficient (Wildman–Crippen LogP) is 4.09. The highest BCUT2D eigenvalue weighted by Crippen LogP contribution is 2.15. The van der Waals surface area contributed by atoms with Crippen LogP contribution < -0.4 is 4.74 Å². The van der Waals surface area contributed by atoms with E-state index in [4.69, 9.17) is 21.4 Å². The Balaban J connectivity index is 1.25. The van der Waals surface area contributed by atoms with Gasteiger partial charge in [-0.05, 0) is 35.5 Å². The van der Waals surface area contributed by atoms with Gasteiger partial charge in [-0.3, -0.25) is 9.80 Å². The van der Waals surface area contributed by atoms with Gasteiger partial charge in [0.1, 0.15) is 5.75 Å². The highest BCUT2D eigenvalue weighted by molar-refractivity contribution is 7.71. The van der Waals surface area contributed by atoms with Crippen molar-refractivity contribution >= 4 is 18.3 Å². The maximum absolute atomic E-state index is 5.72. The van der Waals surface area contributed by atoms with E-state index in [1.165, 1.54) is 5.56 Å². The highest BCUT2D eigenvalue weighted by atomic mass is 32.1. The van der Waals surface area contributed by atoms with Crippen LogP contribution in [-0.4, -0.2) is 59.4 Å². The van der Waals surface area contributed by atoms with E-state index in [0.717, 1.165) is 44.0 Å². The summed E-state index contributed by atoms with van der Waals surface area (Å²) in [5.41, 5.74) is 2.35. The molecule has 1 saturated heterocycles. The minimum Gasteiger partial charge on any atom is -0.497 e. The molecule has 0 saturated carbocycles. The minimum absolute atomic E-state index is 0.428. The van der Waals surface area contributed by atoms with Gasteiger partial charge in [-0.2, -0.15) is 0 Å². The largest absolute Gasteiger partial charge is 0.497 e. The molecule has 6 nitrogen and oxygen atoms in total. The Hall–Kier alpha value is -2.74. The number of hydrogen-bond donors (Lipinski definition) is 0. The zero-order valence-electron chi connectivity index (χ0n) is 17.8. The molecule has 162 valence electrons. The van der Waals surface area contributed by atoms with Gasteiger partial charge in [-0.1, -0.05) is 54.6 Å². The summed E-state index contributed by atoms with van der Waals surface area (Å²) in [6.07, 6.45) is 5.04. The number of aromatic nitrogens is 2. The molecule has 0 radical (unpaired) electrons. The van der Waals surface area contributed by atoms with Crippen LogP contribution >= 0.6 is 12.2 Å². The smallest absolute Gasteiger partial charge is 0.288 e. The first-order valence-corrected chi connectivity index (χ1v) is 11.0. The summed E-state index contributed by atoms with van der Waals surface area (Å²) in [6.45, 7) is 5.67. The summed E-state index contributed by atoms with van der Waals surface area (Å²) in [4.78, 5) is 5.26. The fourth-order valence-electron chi connectivity index (χ4n) is 3.63. The molecule has 7 heteroatoms. The molecular formula is C24H28N4O2S. The van der Waals surface area contributed by atoms with Crippen LogP contribution in [0.3, 0.4) is 0 Å². The highest BCUT2D eigenvalue weighted by Gasteiger charge is 2.17. The molecule has 1 aliphatic rings. The summed E-state index contributed by atoms with van der Waals surface area (Å²) in [5, 5.41) is 4.59. The van der Waals surface area contributed by atoms with E-state index < -0.39 is 0 Å². The van der Waals surface area contributed by atoms with Crippen LogP contribution in [0.1, 0.15) is 17.0 Å². The zero-order valence-corrected chi connectivity index (χ0v) is 18.6. The third-order valence-corrected chi connectivity index (χ3v) is 5.73. The Kier molecular flexibility index (Phi) is 7.30. The molecule has 0 unspecified atom stereocenters. The van der Waals surface area contributed by atoms with Crippen molar-refractivity contribution in [2.45, 2.75) is 13.1 Å². The Morgan fingerprint density at radius 1 is 1.00 bits per heavy atom. The Labute approximate surface area is 188 Å². The molecule has 0 amide bonds. The average molecular weight is 437 g/mol. The topological polar surface area (TPSA) is 46.7 Å². The standard InChI is InChI=1S/C24H28N4O2S/c1-29-22-11-9-21(10-12-22)18-23-25-28(24(31)30-23)19-27-16-14-26(15-17-27)13-5-8-20-6-3-2-4-7-20/h2-12H,13-19H2,1H3/b8-5+. The number of nitrogens with zero attached hydrogens (tertiary/aromatic N) is 4. The van der Waals surface area contributed by atoms with Crippen molar-refractivity contribution in [1.82, 2.24) is 19.6 Å². The summed E-state index contributed by atoms with van der Waals surface area (Å²) < 4.78 is 12.7. The van der Waals surface area contributed by atoms with Crippen LogP contribution in [0, 0.1) is 4.84 Å². The maximum atomic E-state index is 5.72. The Bertz CT molecular complexity index is 1040. The number of benzene rings is 2. The maximum Gasteiger partial charge on any atom is 0.288 e. The van der Waals surface area contributed by atoms with Gasteiger partial charge in [0, 0.05) is 32.7 Å². The second kappa shape index (κ2) is 10.5. The van der Waals surface area contributed by atoms with Crippen LogP contribution in [0.5, 0.6) is 5.75 Å². The van der Waals surface area contributed by atoms with Gasteiger partial charge in [-0.15, -0.1) is 5.10 Å². The SMILES string of the molecule is COc1ccc(Cc2nn(CN3CCN(C/C=C/c4ccccc4)CC3)c(=S)o2)cc1. The summed E-state index contributed by atoms with van der Waals surface area (Å²) >= 11 is 5.39. The van der Waals surface area contributed by atoms with E-state index in [9.17, 15) is 0 Å². The van der Waals surface area contributed by atoms with Crippen molar-refractivity contribution in [1.29, 1.82) is 0 Å². The van der Waals surface area contributed by atoms with Crippen molar-refractivity contribution in [3.63, 3.8) is 0 Å². The lowest BCUT2D eigenvalue weighted by atomic mass is 10.1. The lowest BCUT2D eigenvalue weighted by molar-refractivity contribution is 0.109. The number of hydrogen-bond acceptors (Lipinski definition) is 6. The first kappa shape index (κ1) is 21.5. The van der Waals surface area contributed by atoms with Gasteiger partial charge in [0.25, 0.3) is 4.84 Å². The van der Waals surface area contributed by atoms with Crippen molar-refractivity contribution in [3.8, 4) is 5.75 Å². The molecular weight excluding hydrogens is 408 g/mol. The Morgan fingerprint density at radius 2 is 1.71 bits per heavy atom. The molecule has 31 heavy (non-hydrogen) atoms. The van der Waals surface area contributed by atoms with Gasteiger partial charge in [0.05, 0.1) is 20.2 Å². The molecule has 1 aromatic heterocycles. The van der Waals surface area contributed by atoms with E-state index in [1.54, 1.807) is 11.8 Å². The van der Waals surface area contributed by atoms with Gasteiger partial charge in [-0.25, -0.2) is 4.68 Å². The quantitative estimate of drug-likeness (QED) is 0.496. The molecule has 0 atom stereocenters. The normalized spacial score (nSPS) is 15.5. The van der Waals surface area contributed by atoms with Gasteiger partial charge in [0.2, 0.25) is 5.89 Å². The molecule has 0 spiro atoms. The van der Waals surface area contributed by atoms with E-state index in [1.807, 2.05) is 30.3 Å². The third kappa shape index (κ3) is 6.13. The molecule has 4 rings (SSSR count). The van der Waals surface area contributed by atoms with Gasteiger partial charge < -0.3 is 9.15 Å². The molecule has 1 fully saturated rings. The molecule has 0 aliphatic carbocycles. The van der Waals surface area contributed by atoms with Crippen molar-refractivity contribution in [3.05, 3.63) is 82.5 Å². The van der Waals surface area contributed by atoms with Crippen LogP contribution in [0.4, 0.5) is 0 Å². The molecule has 2 heterocycles. The Morgan fingerprint density at radius 3 is 2.42 bits per heavy atom. The number of rotatable bonds is 8. The molecule has 1 aliphatic heterocycles. The van der Waals surface area contributed by atoms with Gasteiger partial charge >= 0.3 is 0 Å². The second-order valence-electron chi connectivity index (χ2n) is 7.66. The summed E-state index contributed by atoms with van der Waals surface area (Å²) in [5.74, 6) is 1.48. The van der Waals surface area contributed by atoms with Crippen LogP contribution in [-0.2, 0) is 13.1 Å². The van der Waals surface area contributed by atoms with Crippen LogP contribution in [0.15, 0.2) is 65.1 Å². The average Bonchev–Trinajstić information content (AvgIpc) is 3.14. The zero-order chi connectivity index (χ0) is 21.5. The fraction of sp³-hybridized carbons (Fsp3) is 0.333. The fourth-order valence-corrected chi connectivity index (χ4v) is 3.83. The van der Waals surface area contributed by atoms with Crippen LogP contribution in [0.2, 0.25) is 0 Å². The van der Waals surface area contributed by atoms with Crippen molar-refractivity contribution in [2.75, 3.05) is 39.8 Å².